The number of hydrogen-bond acceptors (Lipinski definition) is 5. The predicted molar refractivity (Wildman–Crippen MR) is 139 cm³/mol. The summed E-state index contributed by atoms with van der Waals surface area (Å²) in [6.45, 7) is 2.28. The molecule has 3 aromatic rings. The zero-order chi connectivity index (χ0) is 26.8. The number of carbonyl (C=O) groups is 2. The number of amides is 2. The van der Waals surface area contributed by atoms with Crippen molar-refractivity contribution in [3.63, 3.8) is 0 Å². The maximum absolute atomic E-state index is 13.4. The lowest BCUT2D eigenvalue weighted by molar-refractivity contribution is -0.140. The molecule has 2 amide bonds. The highest BCUT2D eigenvalue weighted by Gasteiger charge is 2.26. The van der Waals surface area contributed by atoms with Gasteiger partial charge in [-0.1, -0.05) is 30.3 Å². The van der Waals surface area contributed by atoms with Gasteiger partial charge in [0, 0.05) is 13.1 Å². The SMILES string of the molecule is COc1ccc(CCNC(=O)[C@@H](C)N(Cc2ccc(F)cc2)C(=O)Cc2ccc(OC)c(OC)c2)cc1. The summed E-state index contributed by atoms with van der Waals surface area (Å²) in [7, 11) is 4.69. The highest BCUT2D eigenvalue weighted by molar-refractivity contribution is 5.88. The largest absolute Gasteiger partial charge is 0.497 e. The van der Waals surface area contributed by atoms with Crippen molar-refractivity contribution in [3.05, 3.63) is 89.2 Å². The highest BCUT2D eigenvalue weighted by Crippen LogP contribution is 2.28. The molecule has 37 heavy (non-hydrogen) atoms. The Balaban J connectivity index is 1.71. The molecule has 196 valence electrons. The molecule has 0 radical (unpaired) electrons. The first-order chi connectivity index (χ1) is 17.8. The van der Waals surface area contributed by atoms with Gasteiger partial charge in [0.2, 0.25) is 11.8 Å². The Morgan fingerprint density at radius 3 is 2.08 bits per heavy atom. The van der Waals surface area contributed by atoms with Gasteiger partial charge in [0.25, 0.3) is 0 Å². The standard InChI is InChI=1S/C29H33FN2O5/c1-20(29(34)31-16-15-21-7-12-25(35-2)13-8-21)32(19-22-5-10-24(30)11-6-22)28(33)18-23-9-14-26(36-3)27(17-23)37-4/h5-14,17,20H,15-16,18-19H2,1-4H3,(H,31,34)/t20-/m1/s1. The second kappa shape index (κ2) is 13.3. The number of nitrogens with one attached hydrogen (secondary N) is 1. The van der Waals surface area contributed by atoms with Crippen LogP contribution < -0.4 is 19.5 Å². The quantitative estimate of drug-likeness (QED) is 0.397. The second-order valence-corrected chi connectivity index (χ2v) is 8.58. The highest BCUT2D eigenvalue weighted by atomic mass is 19.1. The third-order valence-electron chi connectivity index (χ3n) is 6.11. The maximum Gasteiger partial charge on any atom is 0.242 e. The van der Waals surface area contributed by atoms with Gasteiger partial charge in [-0.15, -0.1) is 0 Å². The van der Waals surface area contributed by atoms with Gasteiger partial charge in [0.1, 0.15) is 17.6 Å². The Hall–Kier alpha value is -4.07. The van der Waals surface area contributed by atoms with E-state index >= 15 is 0 Å². The molecule has 0 unspecified atom stereocenters. The number of rotatable bonds is 12. The van der Waals surface area contributed by atoms with E-state index in [0.717, 1.165) is 22.4 Å². The first kappa shape index (κ1) is 27.5. The van der Waals surface area contributed by atoms with Crippen molar-refractivity contribution < 1.29 is 28.2 Å². The van der Waals surface area contributed by atoms with Crippen molar-refractivity contribution in [2.24, 2.45) is 0 Å². The van der Waals surface area contributed by atoms with Crippen molar-refractivity contribution >= 4 is 11.8 Å². The van der Waals surface area contributed by atoms with Gasteiger partial charge in [0.15, 0.2) is 11.5 Å². The van der Waals surface area contributed by atoms with Crippen LogP contribution in [-0.4, -0.2) is 50.6 Å². The summed E-state index contributed by atoms with van der Waals surface area (Å²) >= 11 is 0. The summed E-state index contributed by atoms with van der Waals surface area (Å²) in [5.74, 6) is 0.974. The van der Waals surface area contributed by atoms with Crippen molar-refractivity contribution in [2.45, 2.75) is 32.4 Å². The lowest BCUT2D eigenvalue weighted by Crippen LogP contribution is -2.48. The first-order valence-electron chi connectivity index (χ1n) is 12.0. The summed E-state index contributed by atoms with van der Waals surface area (Å²) in [5.41, 5.74) is 2.50. The molecule has 0 heterocycles. The van der Waals surface area contributed by atoms with Gasteiger partial charge in [-0.3, -0.25) is 9.59 Å². The lowest BCUT2D eigenvalue weighted by Gasteiger charge is -2.29. The molecule has 0 aliphatic heterocycles. The average Bonchev–Trinajstić information content (AvgIpc) is 2.92. The van der Waals surface area contributed by atoms with E-state index < -0.39 is 6.04 Å². The Bertz CT molecular complexity index is 1180. The smallest absolute Gasteiger partial charge is 0.242 e. The molecule has 8 heteroatoms. The fourth-order valence-corrected chi connectivity index (χ4v) is 3.91. The molecule has 0 aliphatic rings. The predicted octanol–water partition coefficient (Wildman–Crippen LogP) is 4.17. The fraction of sp³-hybridized carbons (Fsp3) is 0.310. The fourth-order valence-electron chi connectivity index (χ4n) is 3.91. The molecule has 0 bridgehead atoms. The summed E-state index contributed by atoms with van der Waals surface area (Å²) in [5, 5.41) is 2.93. The Labute approximate surface area is 217 Å². The molecule has 3 aromatic carbocycles. The van der Waals surface area contributed by atoms with Crippen LogP contribution in [0.5, 0.6) is 17.2 Å². The summed E-state index contributed by atoms with van der Waals surface area (Å²) in [6.07, 6.45) is 0.699. The van der Waals surface area contributed by atoms with Crippen molar-refractivity contribution in [1.29, 1.82) is 0 Å². The number of benzene rings is 3. The Morgan fingerprint density at radius 2 is 1.46 bits per heavy atom. The minimum absolute atomic E-state index is 0.0605. The molecular formula is C29H33FN2O5. The van der Waals surface area contributed by atoms with Gasteiger partial charge < -0.3 is 24.4 Å². The monoisotopic (exact) mass is 508 g/mol. The average molecular weight is 509 g/mol. The molecule has 0 fully saturated rings. The van der Waals surface area contributed by atoms with E-state index in [1.807, 2.05) is 24.3 Å². The third-order valence-corrected chi connectivity index (χ3v) is 6.11. The molecule has 3 rings (SSSR count). The van der Waals surface area contributed by atoms with Crippen LogP contribution in [0.3, 0.4) is 0 Å². The normalized spacial score (nSPS) is 11.4. The number of carbonyl (C=O) groups excluding carboxylic acids is 2. The van der Waals surface area contributed by atoms with Gasteiger partial charge in [-0.2, -0.15) is 0 Å². The zero-order valence-corrected chi connectivity index (χ0v) is 21.6. The van der Waals surface area contributed by atoms with Gasteiger partial charge in [-0.05, 0) is 66.4 Å². The van der Waals surface area contributed by atoms with Gasteiger partial charge >= 0.3 is 0 Å². The molecule has 0 saturated heterocycles. The molecule has 1 atom stereocenters. The molecule has 7 nitrogen and oxygen atoms in total. The van der Waals surface area contributed by atoms with Crippen LogP contribution in [0.4, 0.5) is 4.39 Å². The molecule has 0 aliphatic carbocycles. The van der Waals surface area contributed by atoms with Gasteiger partial charge in [0.05, 0.1) is 27.8 Å². The van der Waals surface area contributed by atoms with Crippen molar-refractivity contribution in [2.75, 3.05) is 27.9 Å². The maximum atomic E-state index is 13.4. The van der Waals surface area contributed by atoms with Crippen molar-refractivity contribution in [1.82, 2.24) is 10.2 Å². The Morgan fingerprint density at radius 1 is 0.838 bits per heavy atom. The number of hydrogen-bond donors (Lipinski definition) is 1. The summed E-state index contributed by atoms with van der Waals surface area (Å²) in [4.78, 5) is 28.0. The zero-order valence-electron chi connectivity index (χ0n) is 21.6. The van der Waals surface area contributed by atoms with E-state index in [-0.39, 0.29) is 30.6 Å². The second-order valence-electron chi connectivity index (χ2n) is 8.58. The number of ether oxygens (including phenoxy) is 3. The minimum Gasteiger partial charge on any atom is -0.497 e. The third kappa shape index (κ3) is 7.70. The van der Waals surface area contributed by atoms with Crippen LogP contribution in [0.1, 0.15) is 23.6 Å². The molecule has 0 spiro atoms. The molecule has 0 aromatic heterocycles. The first-order valence-corrected chi connectivity index (χ1v) is 12.0. The topological polar surface area (TPSA) is 77.1 Å². The van der Waals surface area contributed by atoms with Crippen LogP contribution >= 0.6 is 0 Å². The molecule has 1 N–H and O–H groups in total. The van der Waals surface area contributed by atoms with E-state index in [9.17, 15) is 14.0 Å². The summed E-state index contributed by atoms with van der Waals surface area (Å²) in [6, 6.07) is 18.1. The van der Waals surface area contributed by atoms with Gasteiger partial charge in [-0.25, -0.2) is 4.39 Å². The van der Waals surface area contributed by atoms with E-state index in [4.69, 9.17) is 14.2 Å². The number of methoxy groups -OCH3 is 3. The van der Waals surface area contributed by atoms with Crippen LogP contribution in [0.25, 0.3) is 0 Å². The lowest BCUT2D eigenvalue weighted by atomic mass is 10.1. The summed E-state index contributed by atoms with van der Waals surface area (Å²) < 4.78 is 29.2. The van der Waals surface area contributed by atoms with Crippen LogP contribution in [-0.2, 0) is 29.0 Å². The number of nitrogens with zero attached hydrogens (tertiary/aromatic N) is 1. The van der Waals surface area contributed by atoms with E-state index in [0.29, 0.717) is 24.5 Å². The van der Waals surface area contributed by atoms with E-state index in [1.54, 1.807) is 51.5 Å². The molecule has 0 saturated carbocycles. The van der Waals surface area contributed by atoms with Crippen LogP contribution in [0.15, 0.2) is 66.7 Å². The number of halogens is 1. The van der Waals surface area contributed by atoms with Crippen molar-refractivity contribution in [3.8, 4) is 17.2 Å². The molecular weight excluding hydrogens is 475 g/mol. The van der Waals surface area contributed by atoms with E-state index in [2.05, 4.69) is 5.32 Å². The Kier molecular flexibility index (Phi) is 9.89. The minimum atomic E-state index is -0.742. The van der Waals surface area contributed by atoms with Crippen LogP contribution in [0, 0.1) is 5.82 Å². The van der Waals surface area contributed by atoms with E-state index in [1.165, 1.54) is 24.1 Å². The van der Waals surface area contributed by atoms with Crippen LogP contribution in [0.2, 0.25) is 0 Å².